The van der Waals surface area contributed by atoms with E-state index in [1.807, 2.05) is 13.8 Å². The van der Waals surface area contributed by atoms with Gasteiger partial charge in [0.2, 0.25) is 5.91 Å². The Hall–Kier alpha value is -0.700. The Morgan fingerprint density at radius 2 is 1.50 bits per heavy atom. The first kappa shape index (κ1) is 15.7. The maximum absolute atomic E-state index is 12.6. The summed E-state index contributed by atoms with van der Waals surface area (Å²) in [6.45, 7) is 7.70. The first-order chi connectivity index (χ1) is 9.30. The van der Waals surface area contributed by atoms with Crippen LogP contribution in [0.25, 0.3) is 0 Å². The minimum absolute atomic E-state index is 0.00401. The third-order valence-electron chi connectivity index (χ3n) is 3.72. The summed E-state index contributed by atoms with van der Waals surface area (Å²) in [7, 11) is -3.45. The number of hydrogen-bond donors (Lipinski definition) is 0. The molecule has 20 heavy (non-hydrogen) atoms. The van der Waals surface area contributed by atoms with Crippen molar-refractivity contribution in [2.45, 2.75) is 33.0 Å². The lowest BCUT2D eigenvalue weighted by atomic mass is 10.3. The number of nitrogens with zero attached hydrogens (tertiary/aromatic N) is 3. The number of carbonyl (C=O) groups excluding carboxylic acids is 1. The molecule has 0 radical (unpaired) electrons. The number of rotatable bonds is 2. The van der Waals surface area contributed by atoms with Gasteiger partial charge in [-0.2, -0.15) is 17.0 Å². The van der Waals surface area contributed by atoms with Crippen molar-refractivity contribution in [3.05, 3.63) is 0 Å². The van der Waals surface area contributed by atoms with Crippen LogP contribution in [-0.4, -0.2) is 79.3 Å². The second-order valence-corrected chi connectivity index (χ2v) is 7.42. The molecule has 1 amide bonds. The molecule has 2 saturated heterocycles. The minimum Gasteiger partial charge on any atom is -0.373 e. The van der Waals surface area contributed by atoms with E-state index in [-0.39, 0.29) is 18.1 Å². The van der Waals surface area contributed by atoms with E-state index in [1.54, 1.807) is 4.90 Å². The van der Waals surface area contributed by atoms with Crippen molar-refractivity contribution in [3.8, 4) is 0 Å². The summed E-state index contributed by atoms with van der Waals surface area (Å²) >= 11 is 0. The van der Waals surface area contributed by atoms with Gasteiger partial charge in [0.15, 0.2) is 0 Å². The summed E-state index contributed by atoms with van der Waals surface area (Å²) < 4.78 is 33.7. The molecule has 0 aromatic rings. The van der Waals surface area contributed by atoms with E-state index >= 15 is 0 Å². The summed E-state index contributed by atoms with van der Waals surface area (Å²) in [5, 5.41) is 0. The molecule has 0 aromatic carbocycles. The number of carbonyl (C=O) groups is 1. The Morgan fingerprint density at radius 3 is 1.95 bits per heavy atom. The van der Waals surface area contributed by atoms with Crippen molar-refractivity contribution in [1.82, 2.24) is 13.5 Å². The van der Waals surface area contributed by atoms with Gasteiger partial charge in [-0.05, 0) is 13.8 Å². The van der Waals surface area contributed by atoms with Crippen LogP contribution in [0.1, 0.15) is 20.8 Å². The number of ether oxygens (including phenoxy) is 1. The Morgan fingerprint density at radius 1 is 1.00 bits per heavy atom. The van der Waals surface area contributed by atoms with Gasteiger partial charge in [-0.15, -0.1) is 0 Å². The summed E-state index contributed by atoms with van der Waals surface area (Å²) in [6.07, 6.45) is -0.181. The SMILES string of the molecule is CC(=O)N1CCN(S(=O)(=O)N2C[C@@H](C)O[C@H](C)C2)CC1. The minimum atomic E-state index is -3.45. The molecule has 0 bridgehead atoms. The molecule has 2 atom stereocenters. The lowest BCUT2D eigenvalue weighted by molar-refractivity contribution is -0.130. The lowest BCUT2D eigenvalue weighted by Gasteiger charge is -2.40. The molecule has 0 unspecified atom stereocenters. The predicted molar refractivity (Wildman–Crippen MR) is 74.3 cm³/mol. The van der Waals surface area contributed by atoms with Gasteiger partial charge in [0.1, 0.15) is 0 Å². The quantitative estimate of drug-likeness (QED) is 0.690. The van der Waals surface area contributed by atoms with Crippen LogP contribution >= 0.6 is 0 Å². The summed E-state index contributed by atoms with van der Waals surface area (Å²) in [4.78, 5) is 13.0. The van der Waals surface area contributed by atoms with E-state index in [4.69, 9.17) is 4.74 Å². The van der Waals surface area contributed by atoms with Crippen LogP contribution in [0.4, 0.5) is 0 Å². The molecule has 2 rings (SSSR count). The average molecular weight is 305 g/mol. The van der Waals surface area contributed by atoms with E-state index in [1.165, 1.54) is 15.5 Å². The largest absolute Gasteiger partial charge is 0.373 e. The molecule has 0 saturated carbocycles. The molecule has 0 N–H and O–H groups in total. The van der Waals surface area contributed by atoms with Crippen LogP contribution < -0.4 is 0 Å². The standard InChI is InChI=1S/C12H23N3O4S/c1-10-8-15(9-11(2)19-10)20(17,18)14-6-4-13(5-7-14)12(3)16/h10-11H,4-9H2,1-3H3/t10-,11-/m1/s1. The van der Waals surface area contributed by atoms with E-state index in [2.05, 4.69) is 0 Å². The van der Waals surface area contributed by atoms with Crippen molar-refractivity contribution in [2.75, 3.05) is 39.3 Å². The molecule has 2 aliphatic rings. The maximum Gasteiger partial charge on any atom is 0.282 e. The molecule has 0 spiro atoms. The fraction of sp³-hybridized carbons (Fsp3) is 0.917. The van der Waals surface area contributed by atoms with Crippen LogP contribution in [-0.2, 0) is 19.7 Å². The molecule has 0 aliphatic carbocycles. The highest BCUT2D eigenvalue weighted by atomic mass is 32.2. The van der Waals surface area contributed by atoms with Crippen molar-refractivity contribution in [1.29, 1.82) is 0 Å². The Labute approximate surface area is 120 Å². The first-order valence-corrected chi connectivity index (χ1v) is 8.36. The van der Waals surface area contributed by atoms with Gasteiger partial charge in [0, 0.05) is 46.2 Å². The normalized spacial score (nSPS) is 30.4. The topological polar surface area (TPSA) is 70.2 Å². The van der Waals surface area contributed by atoms with Crippen LogP contribution in [0.3, 0.4) is 0 Å². The van der Waals surface area contributed by atoms with Crippen LogP contribution in [0, 0.1) is 0 Å². The molecule has 2 aliphatic heterocycles. The zero-order chi connectivity index (χ0) is 14.9. The Balaban J connectivity index is 2.02. The van der Waals surface area contributed by atoms with Gasteiger partial charge >= 0.3 is 0 Å². The molecule has 7 nitrogen and oxygen atoms in total. The number of hydrogen-bond acceptors (Lipinski definition) is 4. The van der Waals surface area contributed by atoms with Crippen molar-refractivity contribution >= 4 is 16.1 Å². The molecule has 0 aromatic heterocycles. The third-order valence-corrected chi connectivity index (χ3v) is 5.69. The highest BCUT2D eigenvalue weighted by Crippen LogP contribution is 2.18. The maximum atomic E-state index is 12.6. The Kier molecular flexibility index (Phi) is 4.68. The molecule has 8 heteroatoms. The van der Waals surface area contributed by atoms with Crippen LogP contribution in [0.15, 0.2) is 0 Å². The first-order valence-electron chi connectivity index (χ1n) is 6.97. The fourth-order valence-corrected chi connectivity index (χ4v) is 4.46. The average Bonchev–Trinajstić information content (AvgIpc) is 2.37. The van der Waals surface area contributed by atoms with E-state index < -0.39 is 10.2 Å². The van der Waals surface area contributed by atoms with Crippen LogP contribution in [0.2, 0.25) is 0 Å². The van der Waals surface area contributed by atoms with E-state index in [9.17, 15) is 13.2 Å². The molecule has 2 heterocycles. The van der Waals surface area contributed by atoms with Gasteiger partial charge in [-0.1, -0.05) is 0 Å². The smallest absolute Gasteiger partial charge is 0.282 e. The highest BCUT2D eigenvalue weighted by molar-refractivity contribution is 7.86. The number of morpholine rings is 1. The van der Waals surface area contributed by atoms with Gasteiger partial charge in [0.05, 0.1) is 12.2 Å². The predicted octanol–water partition coefficient (Wildman–Crippen LogP) is -0.495. The van der Waals surface area contributed by atoms with Gasteiger partial charge in [0.25, 0.3) is 10.2 Å². The third kappa shape index (κ3) is 3.30. The summed E-state index contributed by atoms with van der Waals surface area (Å²) in [6, 6.07) is 0. The van der Waals surface area contributed by atoms with Crippen molar-refractivity contribution in [2.24, 2.45) is 0 Å². The van der Waals surface area contributed by atoms with Gasteiger partial charge < -0.3 is 9.64 Å². The molecular formula is C12H23N3O4S. The monoisotopic (exact) mass is 305 g/mol. The van der Waals surface area contributed by atoms with Crippen molar-refractivity contribution < 1.29 is 17.9 Å². The second-order valence-electron chi connectivity index (χ2n) is 5.49. The number of amides is 1. The zero-order valence-corrected chi connectivity index (χ0v) is 13.1. The van der Waals surface area contributed by atoms with Gasteiger partial charge in [-0.3, -0.25) is 4.79 Å². The van der Waals surface area contributed by atoms with E-state index in [0.717, 1.165) is 0 Å². The van der Waals surface area contributed by atoms with Crippen molar-refractivity contribution in [3.63, 3.8) is 0 Å². The van der Waals surface area contributed by atoms with Gasteiger partial charge in [-0.25, -0.2) is 0 Å². The molecule has 116 valence electrons. The summed E-state index contributed by atoms with van der Waals surface area (Å²) in [5.74, 6) is -0.00401. The molecular weight excluding hydrogens is 282 g/mol. The molecule has 2 fully saturated rings. The summed E-state index contributed by atoms with van der Waals surface area (Å²) in [5.41, 5.74) is 0. The second kappa shape index (κ2) is 5.97. The number of piperazine rings is 1. The van der Waals surface area contributed by atoms with Crippen LogP contribution in [0.5, 0.6) is 0 Å². The zero-order valence-electron chi connectivity index (χ0n) is 12.3. The lowest BCUT2D eigenvalue weighted by Crippen LogP contribution is -2.57. The fourth-order valence-electron chi connectivity index (χ4n) is 2.72. The highest BCUT2D eigenvalue weighted by Gasteiger charge is 2.36. The van der Waals surface area contributed by atoms with E-state index in [0.29, 0.717) is 39.3 Å². The Bertz CT molecular complexity index is 449.